The molecule has 1 aromatic carbocycles. The second-order valence-corrected chi connectivity index (χ2v) is 2.73. The van der Waals surface area contributed by atoms with Gasteiger partial charge >= 0.3 is 5.97 Å². The number of aromatic hydroxyl groups is 1. The third kappa shape index (κ3) is 1.78. The van der Waals surface area contributed by atoms with Gasteiger partial charge in [0.25, 0.3) is 0 Å². The number of hydrogen-bond acceptors (Lipinski definition) is 3. The van der Waals surface area contributed by atoms with Crippen LogP contribution in [0.15, 0.2) is 12.1 Å². The molecule has 0 aromatic heterocycles. The van der Waals surface area contributed by atoms with Crippen molar-refractivity contribution in [3.8, 4) is 5.75 Å². The zero-order valence-corrected chi connectivity index (χ0v) is 7.08. The smallest absolute Gasteiger partial charge is 0.339 e. The van der Waals surface area contributed by atoms with Crippen molar-refractivity contribution in [2.75, 3.05) is 0 Å². The van der Waals surface area contributed by atoms with Crippen LogP contribution in [0.4, 0.5) is 0 Å². The van der Waals surface area contributed by atoms with E-state index in [0.717, 1.165) is 6.07 Å². The van der Waals surface area contributed by atoms with Crippen molar-refractivity contribution in [2.45, 2.75) is 0 Å². The summed E-state index contributed by atoms with van der Waals surface area (Å²) in [6.07, 6.45) is 0.456. The maximum atomic E-state index is 10.5. The van der Waals surface area contributed by atoms with Crippen LogP contribution in [0.2, 0.25) is 5.02 Å². The van der Waals surface area contributed by atoms with Crippen LogP contribution in [-0.2, 0) is 0 Å². The molecule has 0 aliphatic rings. The fourth-order valence-electron chi connectivity index (χ4n) is 0.851. The molecule has 0 radical (unpaired) electrons. The Morgan fingerprint density at radius 3 is 2.54 bits per heavy atom. The van der Waals surface area contributed by atoms with Gasteiger partial charge in [-0.15, -0.1) is 0 Å². The Hall–Kier alpha value is -1.55. The average Bonchev–Trinajstić information content (AvgIpc) is 2.09. The lowest BCUT2D eigenvalue weighted by Gasteiger charge is -2.02. The summed E-state index contributed by atoms with van der Waals surface area (Å²) in [5, 5.41) is 17.6. The molecule has 0 aliphatic heterocycles. The molecule has 2 N–H and O–H groups in total. The molecular formula is C8H5ClO4. The quantitative estimate of drug-likeness (QED) is 0.711. The summed E-state index contributed by atoms with van der Waals surface area (Å²) in [6, 6.07) is 2.24. The number of phenols is 1. The monoisotopic (exact) mass is 200 g/mol. The van der Waals surface area contributed by atoms with Crippen LogP contribution >= 0.6 is 11.6 Å². The normalized spacial score (nSPS) is 9.62. The Kier molecular flexibility index (Phi) is 2.53. The maximum Gasteiger partial charge on any atom is 0.339 e. The topological polar surface area (TPSA) is 74.6 Å². The van der Waals surface area contributed by atoms with Gasteiger partial charge in [-0.05, 0) is 12.1 Å². The largest absolute Gasteiger partial charge is 0.505 e. The van der Waals surface area contributed by atoms with Crippen LogP contribution in [0.25, 0.3) is 0 Å². The zero-order valence-electron chi connectivity index (χ0n) is 6.32. The highest BCUT2D eigenvalue weighted by Crippen LogP contribution is 2.28. The molecule has 0 atom stereocenters. The Morgan fingerprint density at radius 1 is 1.46 bits per heavy atom. The number of hydrogen-bond donors (Lipinski definition) is 2. The predicted molar refractivity (Wildman–Crippen MR) is 45.5 cm³/mol. The number of benzene rings is 1. The number of carbonyl (C=O) groups excluding carboxylic acids is 1. The average molecular weight is 201 g/mol. The predicted octanol–water partition coefficient (Wildman–Crippen LogP) is 1.56. The molecule has 0 saturated carbocycles. The molecule has 13 heavy (non-hydrogen) atoms. The summed E-state index contributed by atoms with van der Waals surface area (Å²) in [5.41, 5.74) is -0.269. The highest BCUT2D eigenvalue weighted by atomic mass is 35.5. The minimum absolute atomic E-state index is 0.111. The summed E-state index contributed by atoms with van der Waals surface area (Å²) < 4.78 is 0. The minimum atomic E-state index is -1.33. The van der Waals surface area contributed by atoms with Gasteiger partial charge < -0.3 is 10.2 Å². The SMILES string of the molecule is O=Cc1cc(Cl)c(O)c(C(=O)O)c1. The number of carbonyl (C=O) groups is 2. The van der Waals surface area contributed by atoms with Crippen LogP contribution in [-0.4, -0.2) is 22.5 Å². The molecule has 0 saturated heterocycles. The third-order valence-corrected chi connectivity index (χ3v) is 1.74. The Labute approximate surface area is 78.4 Å². The standard InChI is InChI=1S/C8H5ClO4/c9-6-2-4(3-10)1-5(7(6)11)8(12)13/h1-3,11H,(H,12,13). The van der Waals surface area contributed by atoms with Crippen molar-refractivity contribution in [1.82, 2.24) is 0 Å². The van der Waals surface area contributed by atoms with E-state index in [-0.39, 0.29) is 16.1 Å². The lowest BCUT2D eigenvalue weighted by atomic mass is 10.1. The molecule has 0 spiro atoms. The first kappa shape index (κ1) is 9.54. The van der Waals surface area contributed by atoms with Gasteiger partial charge in [0.2, 0.25) is 0 Å². The number of halogens is 1. The molecule has 1 aromatic rings. The summed E-state index contributed by atoms with van der Waals surface area (Å²) in [6.45, 7) is 0. The van der Waals surface area contributed by atoms with Crippen LogP contribution in [0.1, 0.15) is 20.7 Å². The number of aldehydes is 1. The Morgan fingerprint density at radius 2 is 2.08 bits per heavy atom. The van der Waals surface area contributed by atoms with Gasteiger partial charge in [-0.2, -0.15) is 0 Å². The lowest BCUT2D eigenvalue weighted by Crippen LogP contribution is -1.98. The van der Waals surface area contributed by atoms with Crippen molar-refractivity contribution in [2.24, 2.45) is 0 Å². The van der Waals surface area contributed by atoms with E-state index in [0.29, 0.717) is 6.29 Å². The van der Waals surface area contributed by atoms with Crippen molar-refractivity contribution in [3.05, 3.63) is 28.3 Å². The van der Waals surface area contributed by atoms with Crippen molar-refractivity contribution in [1.29, 1.82) is 0 Å². The van der Waals surface area contributed by atoms with E-state index in [1.807, 2.05) is 0 Å². The van der Waals surface area contributed by atoms with Crippen LogP contribution in [0.3, 0.4) is 0 Å². The third-order valence-electron chi connectivity index (χ3n) is 1.45. The molecule has 0 amide bonds. The molecule has 0 fully saturated rings. The van der Waals surface area contributed by atoms with Gasteiger partial charge in [-0.25, -0.2) is 4.79 Å². The Balaban J connectivity index is 3.41. The van der Waals surface area contributed by atoms with Gasteiger partial charge in [0.15, 0.2) is 0 Å². The van der Waals surface area contributed by atoms with Gasteiger partial charge in [0.05, 0.1) is 5.02 Å². The Bertz CT molecular complexity index is 373. The zero-order chi connectivity index (χ0) is 10.0. The fraction of sp³-hybridized carbons (Fsp3) is 0. The van der Waals surface area contributed by atoms with Crippen LogP contribution < -0.4 is 0 Å². The van der Waals surface area contributed by atoms with Crippen LogP contribution in [0.5, 0.6) is 5.75 Å². The molecule has 4 nitrogen and oxygen atoms in total. The molecule has 1 rings (SSSR count). The van der Waals surface area contributed by atoms with Crippen molar-refractivity contribution < 1.29 is 19.8 Å². The summed E-state index contributed by atoms with van der Waals surface area (Å²) in [5.74, 6) is -1.86. The van der Waals surface area contributed by atoms with E-state index in [2.05, 4.69) is 0 Å². The second-order valence-electron chi connectivity index (χ2n) is 2.32. The van der Waals surface area contributed by atoms with E-state index in [4.69, 9.17) is 21.8 Å². The highest BCUT2D eigenvalue weighted by Gasteiger charge is 2.13. The molecule has 0 aliphatic carbocycles. The number of carboxylic acid groups (broad SMARTS) is 1. The molecule has 68 valence electrons. The fourth-order valence-corrected chi connectivity index (χ4v) is 1.08. The molecular weight excluding hydrogens is 196 g/mol. The number of aromatic carboxylic acids is 1. The van der Waals surface area contributed by atoms with Crippen LogP contribution in [0, 0.1) is 0 Å². The minimum Gasteiger partial charge on any atom is -0.505 e. The van der Waals surface area contributed by atoms with E-state index < -0.39 is 11.7 Å². The molecule has 0 heterocycles. The highest BCUT2D eigenvalue weighted by molar-refractivity contribution is 6.32. The first-order chi connectivity index (χ1) is 6.06. The van der Waals surface area contributed by atoms with Crippen molar-refractivity contribution >= 4 is 23.9 Å². The second kappa shape index (κ2) is 3.45. The lowest BCUT2D eigenvalue weighted by molar-refractivity contribution is 0.0693. The summed E-state index contributed by atoms with van der Waals surface area (Å²) in [4.78, 5) is 20.8. The van der Waals surface area contributed by atoms with E-state index in [9.17, 15) is 9.59 Å². The van der Waals surface area contributed by atoms with E-state index >= 15 is 0 Å². The van der Waals surface area contributed by atoms with E-state index in [1.54, 1.807) is 0 Å². The molecule has 0 unspecified atom stereocenters. The van der Waals surface area contributed by atoms with E-state index in [1.165, 1.54) is 6.07 Å². The summed E-state index contributed by atoms with van der Waals surface area (Å²) in [7, 11) is 0. The summed E-state index contributed by atoms with van der Waals surface area (Å²) >= 11 is 5.47. The maximum absolute atomic E-state index is 10.5. The number of rotatable bonds is 2. The van der Waals surface area contributed by atoms with Gasteiger partial charge in [0, 0.05) is 5.56 Å². The van der Waals surface area contributed by atoms with Gasteiger partial charge in [-0.3, -0.25) is 4.79 Å². The molecule has 0 bridgehead atoms. The molecule has 5 heteroatoms. The first-order valence-corrected chi connectivity index (χ1v) is 3.65. The van der Waals surface area contributed by atoms with Gasteiger partial charge in [0.1, 0.15) is 17.6 Å². The number of carboxylic acids is 1. The van der Waals surface area contributed by atoms with Gasteiger partial charge in [-0.1, -0.05) is 11.6 Å². The first-order valence-electron chi connectivity index (χ1n) is 3.27. The van der Waals surface area contributed by atoms with Crippen molar-refractivity contribution in [3.63, 3.8) is 0 Å².